The van der Waals surface area contributed by atoms with Crippen LogP contribution in [0.3, 0.4) is 0 Å². The maximum atomic E-state index is 11.0. The van der Waals surface area contributed by atoms with Crippen molar-refractivity contribution in [2.45, 2.75) is 32.1 Å². The number of aliphatic carboxylic acids is 1. The van der Waals surface area contributed by atoms with Crippen LogP contribution < -0.4 is 5.32 Å². The van der Waals surface area contributed by atoms with Crippen LogP contribution in [0.5, 0.6) is 0 Å². The van der Waals surface area contributed by atoms with E-state index in [1.54, 1.807) is 0 Å². The number of amides is 1. The highest BCUT2D eigenvalue weighted by Crippen LogP contribution is 1.98. The maximum Gasteiger partial charge on any atom is 0.305 e. The van der Waals surface area contributed by atoms with Crippen molar-refractivity contribution in [3.05, 3.63) is 0 Å². The molecule has 0 saturated carbocycles. The monoisotopic (exact) mass is 197 g/mol. The zero-order valence-corrected chi connectivity index (χ0v) is 8.08. The molecular formula is C10H15NO3. The van der Waals surface area contributed by atoms with E-state index < -0.39 is 5.97 Å². The average Bonchev–Trinajstić information content (AvgIpc) is 2.12. The third-order valence-corrected chi connectivity index (χ3v) is 1.64. The maximum absolute atomic E-state index is 11.0. The van der Waals surface area contributed by atoms with Gasteiger partial charge in [0.2, 0.25) is 5.91 Å². The number of carbonyl (C=O) groups is 2. The van der Waals surface area contributed by atoms with Crippen molar-refractivity contribution in [2.75, 3.05) is 6.54 Å². The lowest BCUT2D eigenvalue weighted by Crippen LogP contribution is -2.25. The summed E-state index contributed by atoms with van der Waals surface area (Å²) in [5.41, 5.74) is 0. The quantitative estimate of drug-likeness (QED) is 0.468. The minimum atomic E-state index is -0.905. The molecule has 0 saturated heterocycles. The van der Waals surface area contributed by atoms with E-state index in [1.807, 2.05) is 0 Å². The number of carbonyl (C=O) groups excluding carboxylic acids is 1. The van der Waals surface area contributed by atoms with Gasteiger partial charge in [-0.25, -0.2) is 0 Å². The van der Waals surface area contributed by atoms with E-state index in [9.17, 15) is 9.59 Å². The van der Waals surface area contributed by atoms with Gasteiger partial charge in [0.05, 0.1) is 6.42 Å². The second-order valence-corrected chi connectivity index (χ2v) is 2.90. The van der Waals surface area contributed by atoms with Crippen molar-refractivity contribution in [3.8, 4) is 12.3 Å². The first-order valence-electron chi connectivity index (χ1n) is 4.58. The number of carboxylic acid groups (broad SMARTS) is 1. The Morgan fingerprint density at radius 3 is 2.57 bits per heavy atom. The summed E-state index contributed by atoms with van der Waals surface area (Å²) >= 11 is 0. The third-order valence-electron chi connectivity index (χ3n) is 1.64. The fraction of sp³-hybridized carbons (Fsp3) is 0.600. The number of hydrogen-bond donors (Lipinski definition) is 2. The molecule has 0 aromatic rings. The first-order valence-corrected chi connectivity index (χ1v) is 4.58. The van der Waals surface area contributed by atoms with Gasteiger partial charge in [-0.2, -0.15) is 0 Å². The largest absolute Gasteiger partial charge is 0.481 e. The first-order chi connectivity index (χ1) is 6.66. The highest BCUT2D eigenvalue weighted by Gasteiger charge is 2.01. The highest BCUT2D eigenvalue weighted by molar-refractivity contribution is 5.76. The highest BCUT2D eigenvalue weighted by atomic mass is 16.4. The molecule has 0 radical (unpaired) electrons. The van der Waals surface area contributed by atoms with Crippen LogP contribution >= 0.6 is 0 Å². The molecular weight excluding hydrogens is 182 g/mol. The molecule has 4 heteroatoms. The number of rotatable bonds is 7. The zero-order chi connectivity index (χ0) is 10.8. The van der Waals surface area contributed by atoms with Gasteiger partial charge in [0.15, 0.2) is 0 Å². The van der Waals surface area contributed by atoms with E-state index in [0.717, 1.165) is 12.8 Å². The van der Waals surface area contributed by atoms with Gasteiger partial charge in [-0.1, -0.05) is 0 Å². The summed E-state index contributed by atoms with van der Waals surface area (Å²) in [6.07, 6.45) is 7.70. The molecule has 0 aromatic heterocycles. The van der Waals surface area contributed by atoms with Crippen LogP contribution in [-0.4, -0.2) is 23.5 Å². The van der Waals surface area contributed by atoms with Gasteiger partial charge >= 0.3 is 5.97 Å². The van der Waals surface area contributed by atoms with Crippen molar-refractivity contribution in [2.24, 2.45) is 0 Å². The van der Waals surface area contributed by atoms with Crippen LogP contribution in [0.15, 0.2) is 0 Å². The van der Waals surface area contributed by atoms with E-state index in [1.165, 1.54) is 0 Å². The molecule has 0 aromatic carbocycles. The summed E-state index contributed by atoms with van der Waals surface area (Å²) in [7, 11) is 0. The Balaban J connectivity index is 3.29. The lowest BCUT2D eigenvalue weighted by molar-refractivity contribution is -0.136. The zero-order valence-electron chi connectivity index (χ0n) is 8.08. The molecule has 14 heavy (non-hydrogen) atoms. The molecule has 0 aliphatic carbocycles. The summed E-state index contributed by atoms with van der Waals surface area (Å²) in [5, 5.41) is 10.8. The molecule has 0 fully saturated rings. The Morgan fingerprint density at radius 2 is 2.00 bits per heavy atom. The van der Waals surface area contributed by atoms with Gasteiger partial charge in [-0.05, 0) is 12.8 Å². The van der Waals surface area contributed by atoms with Crippen LogP contribution in [0, 0.1) is 12.3 Å². The fourth-order valence-electron chi connectivity index (χ4n) is 0.910. The van der Waals surface area contributed by atoms with Crippen LogP contribution in [0.25, 0.3) is 0 Å². The number of hydrogen-bond acceptors (Lipinski definition) is 2. The summed E-state index contributed by atoms with van der Waals surface area (Å²) in [4.78, 5) is 21.1. The summed E-state index contributed by atoms with van der Waals surface area (Å²) in [6, 6.07) is 0. The Bertz CT molecular complexity index is 230. The molecule has 2 N–H and O–H groups in total. The average molecular weight is 197 g/mol. The van der Waals surface area contributed by atoms with Gasteiger partial charge < -0.3 is 10.4 Å². The van der Waals surface area contributed by atoms with Gasteiger partial charge in [0, 0.05) is 19.4 Å². The van der Waals surface area contributed by atoms with Crippen molar-refractivity contribution < 1.29 is 14.7 Å². The predicted octanol–water partition coefficient (Wildman–Crippen LogP) is 0.771. The van der Waals surface area contributed by atoms with Crippen molar-refractivity contribution in [3.63, 3.8) is 0 Å². The molecule has 0 heterocycles. The SMILES string of the molecule is C#CCCCCC(=O)NCCC(=O)O. The van der Waals surface area contributed by atoms with Gasteiger partial charge in [-0.3, -0.25) is 9.59 Å². The molecule has 1 amide bonds. The van der Waals surface area contributed by atoms with Crippen LogP contribution in [0.2, 0.25) is 0 Å². The van der Waals surface area contributed by atoms with E-state index >= 15 is 0 Å². The normalized spacial score (nSPS) is 9.07. The summed E-state index contributed by atoms with van der Waals surface area (Å²) in [6.45, 7) is 0.198. The minimum absolute atomic E-state index is 0.0317. The fourth-order valence-corrected chi connectivity index (χ4v) is 0.910. The standard InChI is InChI=1S/C10H15NO3/c1-2-3-4-5-6-9(12)11-8-7-10(13)14/h1H,3-8H2,(H,11,12)(H,13,14). The van der Waals surface area contributed by atoms with Gasteiger partial charge in [0.25, 0.3) is 0 Å². The number of carboxylic acids is 1. The van der Waals surface area contributed by atoms with Crippen LogP contribution in [0.4, 0.5) is 0 Å². The lowest BCUT2D eigenvalue weighted by atomic mass is 10.2. The molecule has 78 valence electrons. The lowest BCUT2D eigenvalue weighted by Gasteiger charge is -2.01. The molecule has 0 rings (SSSR count). The summed E-state index contributed by atoms with van der Waals surface area (Å²) < 4.78 is 0. The van der Waals surface area contributed by atoms with E-state index in [-0.39, 0.29) is 18.9 Å². The van der Waals surface area contributed by atoms with Crippen molar-refractivity contribution >= 4 is 11.9 Å². The second kappa shape index (κ2) is 8.11. The Morgan fingerprint density at radius 1 is 1.29 bits per heavy atom. The Kier molecular flexibility index (Phi) is 7.24. The molecule has 4 nitrogen and oxygen atoms in total. The molecule has 0 atom stereocenters. The minimum Gasteiger partial charge on any atom is -0.481 e. The van der Waals surface area contributed by atoms with Crippen molar-refractivity contribution in [1.29, 1.82) is 0 Å². The Hall–Kier alpha value is -1.50. The number of unbranched alkanes of at least 4 members (excludes halogenated alkanes) is 2. The van der Waals surface area contributed by atoms with Crippen LogP contribution in [0.1, 0.15) is 32.1 Å². The first kappa shape index (κ1) is 12.5. The predicted molar refractivity (Wildman–Crippen MR) is 52.6 cm³/mol. The van der Waals surface area contributed by atoms with E-state index in [2.05, 4.69) is 11.2 Å². The summed E-state index contributed by atoms with van der Waals surface area (Å²) in [5.74, 6) is 1.48. The topological polar surface area (TPSA) is 66.4 Å². The van der Waals surface area contributed by atoms with Crippen molar-refractivity contribution in [1.82, 2.24) is 5.32 Å². The number of nitrogens with one attached hydrogen (secondary N) is 1. The van der Waals surface area contributed by atoms with E-state index in [4.69, 9.17) is 11.5 Å². The van der Waals surface area contributed by atoms with Crippen LogP contribution in [-0.2, 0) is 9.59 Å². The number of terminal acetylenes is 1. The van der Waals surface area contributed by atoms with Gasteiger partial charge in [0.1, 0.15) is 0 Å². The van der Waals surface area contributed by atoms with Gasteiger partial charge in [-0.15, -0.1) is 12.3 Å². The molecule has 0 spiro atoms. The van der Waals surface area contributed by atoms with E-state index in [0.29, 0.717) is 12.8 Å². The smallest absolute Gasteiger partial charge is 0.305 e. The Labute approximate surface area is 83.7 Å². The molecule has 0 bridgehead atoms. The molecule has 0 aliphatic heterocycles. The second-order valence-electron chi connectivity index (χ2n) is 2.90. The molecule has 0 aliphatic rings. The third kappa shape index (κ3) is 8.60. The molecule has 0 unspecified atom stereocenters.